The first-order valence-electron chi connectivity index (χ1n) is 5.69. The number of carbonyl (C=O) groups is 2. The predicted molar refractivity (Wildman–Crippen MR) is 60.7 cm³/mol. The Hall–Kier alpha value is -0.980. The van der Waals surface area contributed by atoms with Crippen LogP contribution in [0.25, 0.3) is 0 Å². The molecule has 2 atom stereocenters. The molecule has 2 N–H and O–H groups in total. The quantitative estimate of drug-likeness (QED) is 0.365. The molecule has 0 heterocycles. The van der Waals surface area contributed by atoms with Gasteiger partial charge < -0.3 is 19.1 Å². The van der Waals surface area contributed by atoms with E-state index in [0.717, 1.165) is 0 Å². The van der Waals surface area contributed by atoms with Crippen LogP contribution >= 0.6 is 0 Å². The number of carbonyl (C=O) groups excluding carboxylic acids is 2. The maximum Gasteiger partial charge on any atom is 0.328 e. The van der Waals surface area contributed by atoms with Crippen LogP contribution in [0.15, 0.2) is 0 Å². The SMILES string of the molecule is CCOC(OCC)C(C)C(CC=O)C(=O)ON. The van der Waals surface area contributed by atoms with Crippen molar-refractivity contribution < 1.29 is 23.9 Å². The molecule has 0 amide bonds. The average Bonchev–Trinajstić information content (AvgIpc) is 2.34. The summed E-state index contributed by atoms with van der Waals surface area (Å²) in [6.45, 7) is 6.34. The van der Waals surface area contributed by atoms with Gasteiger partial charge in [0, 0.05) is 25.6 Å². The van der Waals surface area contributed by atoms with Gasteiger partial charge in [0.2, 0.25) is 0 Å². The van der Waals surface area contributed by atoms with Crippen molar-refractivity contribution in [2.24, 2.45) is 17.7 Å². The highest BCUT2D eigenvalue weighted by Crippen LogP contribution is 2.22. The molecule has 100 valence electrons. The molecule has 0 aliphatic rings. The van der Waals surface area contributed by atoms with E-state index in [1.165, 1.54) is 0 Å². The summed E-state index contributed by atoms with van der Waals surface area (Å²) in [6, 6.07) is 0. The Labute approximate surface area is 101 Å². The molecule has 6 heteroatoms. The molecule has 0 aromatic rings. The third kappa shape index (κ3) is 5.25. The molecule has 0 aromatic carbocycles. The van der Waals surface area contributed by atoms with Gasteiger partial charge in [-0.25, -0.2) is 0 Å². The number of ether oxygens (including phenoxy) is 2. The number of hydrogen-bond acceptors (Lipinski definition) is 6. The van der Waals surface area contributed by atoms with Crippen LogP contribution in [0.3, 0.4) is 0 Å². The maximum atomic E-state index is 11.4. The fraction of sp³-hybridized carbons (Fsp3) is 0.818. The van der Waals surface area contributed by atoms with Crippen molar-refractivity contribution in [1.82, 2.24) is 0 Å². The van der Waals surface area contributed by atoms with E-state index in [-0.39, 0.29) is 12.3 Å². The molecular formula is C11H21NO5. The largest absolute Gasteiger partial charge is 0.373 e. The predicted octanol–water partition coefficient (Wildman–Crippen LogP) is 0.644. The molecule has 2 unspecified atom stereocenters. The summed E-state index contributed by atoms with van der Waals surface area (Å²) >= 11 is 0. The highest BCUT2D eigenvalue weighted by molar-refractivity contribution is 5.75. The van der Waals surface area contributed by atoms with E-state index < -0.39 is 18.2 Å². The summed E-state index contributed by atoms with van der Waals surface area (Å²) in [5.74, 6) is 3.25. The van der Waals surface area contributed by atoms with Crippen molar-refractivity contribution in [2.45, 2.75) is 33.5 Å². The van der Waals surface area contributed by atoms with E-state index in [2.05, 4.69) is 4.84 Å². The lowest BCUT2D eigenvalue weighted by atomic mass is 9.91. The smallest absolute Gasteiger partial charge is 0.328 e. The molecule has 0 spiro atoms. The Kier molecular flexibility index (Phi) is 8.57. The summed E-state index contributed by atoms with van der Waals surface area (Å²) in [5.41, 5.74) is 0. The monoisotopic (exact) mass is 247 g/mol. The normalized spacial score (nSPS) is 14.4. The van der Waals surface area contributed by atoms with Crippen LogP contribution in [0.1, 0.15) is 27.2 Å². The van der Waals surface area contributed by atoms with E-state index >= 15 is 0 Å². The lowest BCUT2D eigenvalue weighted by Gasteiger charge is -2.27. The molecule has 17 heavy (non-hydrogen) atoms. The number of nitrogens with two attached hydrogens (primary N) is 1. The van der Waals surface area contributed by atoms with Crippen LogP contribution < -0.4 is 5.90 Å². The summed E-state index contributed by atoms with van der Waals surface area (Å²) in [5, 5.41) is 0. The Morgan fingerprint density at radius 1 is 1.29 bits per heavy atom. The van der Waals surface area contributed by atoms with Crippen molar-refractivity contribution in [1.29, 1.82) is 0 Å². The van der Waals surface area contributed by atoms with Gasteiger partial charge in [-0.2, -0.15) is 5.90 Å². The minimum Gasteiger partial charge on any atom is -0.373 e. The average molecular weight is 247 g/mol. The second kappa shape index (κ2) is 9.09. The van der Waals surface area contributed by atoms with E-state index in [0.29, 0.717) is 19.5 Å². The minimum atomic E-state index is -0.652. The zero-order chi connectivity index (χ0) is 13.3. The molecule has 0 saturated heterocycles. The number of hydrogen-bond donors (Lipinski definition) is 1. The lowest BCUT2D eigenvalue weighted by molar-refractivity contribution is -0.185. The van der Waals surface area contributed by atoms with Gasteiger partial charge in [-0.1, -0.05) is 6.92 Å². The third-order valence-corrected chi connectivity index (χ3v) is 2.49. The molecule has 0 radical (unpaired) electrons. The van der Waals surface area contributed by atoms with Crippen LogP contribution in [0, 0.1) is 11.8 Å². The van der Waals surface area contributed by atoms with Crippen LogP contribution in [0.2, 0.25) is 0 Å². The first-order valence-corrected chi connectivity index (χ1v) is 5.69. The topological polar surface area (TPSA) is 87.8 Å². The summed E-state index contributed by atoms with van der Waals surface area (Å²) in [4.78, 5) is 26.2. The van der Waals surface area contributed by atoms with Gasteiger partial charge in [0.1, 0.15) is 6.29 Å². The van der Waals surface area contributed by atoms with Gasteiger partial charge in [0.15, 0.2) is 6.29 Å². The van der Waals surface area contributed by atoms with Gasteiger partial charge in [0.25, 0.3) is 0 Å². The Balaban J connectivity index is 4.68. The van der Waals surface area contributed by atoms with Gasteiger partial charge in [-0.15, -0.1) is 0 Å². The molecular weight excluding hydrogens is 226 g/mol. The first kappa shape index (κ1) is 16.0. The first-order chi connectivity index (χ1) is 8.12. The van der Waals surface area contributed by atoms with E-state index in [9.17, 15) is 9.59 Å². The summed E-state index contributed by atoms with van der Waals surface area (Å²) < 4.78 is 10.8. The van der Waals surface area contributed by atoms with Gasteiger partial charge >= 0.3 is 5.97 Å². The Bertz CT molecular complexity index is 228. The van der Waals surface area contributed by atoms with Crippen molar-refractivity contribution in [2.75, 3.05) is 13.2 Å². The Morgan fingerprint density at radius 3 is 2.18 bits per heavy atom. The third-order valence-electron chi connectivity index (χ3n) is 2.49. The molecule has 0 aromatic heterocycles. The molecule has 6 nitrogen and oxygen atoms in total. The van der Waals surface area contributed by atoms with Crippen LogP contribution in [0.5, 0.6) is 0 Å². The lowest BCUT2D eigenvalue weighted by Crippen LogP contribution is -2.36. The van der Waals surface area contributed by atoms with Crippen LogP contribution in [0.4, 0.5) is 0 Å². The zero-order valence-electron chi connectivity index (χ0n) is 10.5. The van der Waals surface area contributed by atoms with Gasteiger partial charge in [-0.3, -0.25) is 4.79 Å². The van der Waals surface area contributed by atoms with Crippen LogP contribution in [-0.4, -0.2) is 31.8 Å². The van der Waals surface area contributed by atoms with E-state index in [4.69, 9.17) is 15.4 Å². The van der Waals surface area contributed by atoms with Crippen molar-refractivity contribution in [3.63, 3.8) is 0 Å². The maximum absolute atomic E-state index is 11.4. The van der Waals surface area contributed by atoms with Crippen molar-refractivity contribution >= 4 is 12.3 Å². The molecule has 0 fully saturated rings. The Morgan fingerprint density at radius 2 is 1.82 bits per heavy atom. The summed E-state index contributed by atoms with van der Waals surface area (Å²) in [7, 11) is 0. The van der Waals surface area contributed by atoms with Gasteiger partial charge in [-0.05, 0) is 13.8 Å². The van der Waals surface area contributed by atoms with Crippen LogP contribution in [-0.2, 0) is 23.9 Å². The highest BCUT2D eigenvalue weighted by Gasteiger charge is 2.32. The summed E-state index contributed by atoms with van der Waals surface area (Å²) in [6.07, 6.45) is 0.148. The van der Waals surface area contributed by atoms with Crippen molar-refractivity contribution in [3.05, 3.63) is 0 Å². The molecule has 0 aliphatic heterocycles. The second-order valence-corrected chi connectivity index (χ2v) is 3.58. The standard InChI is InChI=1S/C11H21NO5/c1-4-15-11(16-5-2)8(3)9(6-7-13)10(14)17-12/h7-9,11H,4-6,12H2,1-3H3. The number of rotatable bonds is 9. The van der Waals surface area contributed by atoms with Gasteiger partial charge in [0.05, 0.1) is 5.92 Å². The molecule has 0 saturated carbocycles. The van der Waals surface area contributed by atoms with E-state index in [1.807, 2.05) is 13.8 Å². The molecule has 0 aliphatic carbocycles. The fourth-order valence-corrected chi connectivity index (χ4v) is 1.59. The minimum absolute atomic E-state index is 0.0356. The molecule has 0 bridgehead atoms. The molecule has 0 rings (SSSR count). The van der Waals surface area contributed by atoms with Crippen molar-refractivity contribution in [3.8, 4) is 0 Å². The fourth-order valence-electron chi connectivity index (χ4n) is 1.59. The number of aldehydes is 1. The van der Waals surface area contributed by atoms with E-state index in [1.54, 1.807) is 6.92 Å². The second-order valence-electron chi connectivity index (χ2n) is 3.58. The zero-order valence-corrected chi connectivity index (χ0v) is 10.5. The highest BCUT2D eigenvalue weighted by atomic mass is 16.7.